The molecule has 0 spiro atoms. The van der Waals surface area contributed by atoms with Crippen LogP contribution in [0, 0.1) is 0 Å². The van der Waals surface area contributed by atoms with Crippen LogP contribution in [0.25, 0.3) is 11.0 Å². The Labute approximate surface area is 86.5 Å². The highest BCUT2D eigenvalue weighted by atomic mass is 32.2. The molecule has 0 saturated heterocycles. The molecule has 1 aromatic heterocycles. The van der Waals surface area contributed by atoms with E-state index in [0.29, 0.717) is 16.7 Å². The number of benzene rings is 1. The molecule has 0 aliphatic carbocycles. The second-order valence-electron chi connectivity index (χ2n) is 2.99. The number of nitrogens with two attached hydrogens (primary N) is 1. The molecule has 15 heavy (non-hydrogen) atoms. The van der Waals surface area contributed by atoms with Crippen molar-refractivity contribution >= 4 is 21.0 Å². The molecule has 2 rings (SSSR count). The van der Waals surface area contributed by atoms with Crippen molar-refractivity contribution in [2.45, 2.75) is 5.09 Å². The lowest BCUT2D eigenvalue weighted by molar-refractivity contribution is 0.401. The van der Waals surface area contributed by atoms with Gasteiger partial charge in [-0.05, 0) is 6.07 Å². The van der Waals surface area contributed by atoms with E-state index in [4.69, 9.17) is 14.3 Å². The van der Waals surface area contributed by atoms with Crippen molar-refractivity contribution in [2.24, 2.45) is 5.14 Å². The van der Waals surface area contributed by atoms with Crippen molar-refractivity contribution in [3.63, 3.8) is 0 Å². The van der Waals surface area contributed by atoms with Gasteiger partial charge in [0.2, 0.25) is 5.09 Å². The second kappa shape index (κ2) is 3.25. The predicted octanol–water partition coefficient (Wildman–Crippen LogP) is 1.09. The number of hydrogen-bond donors (Lipinski definition) is 1. The quantitative estimate of drug-likeness (QED) is 0.832. The van der Waals surface area contributed by atoms with Gasteiger partial charge < -0.3 is 9.15 Å². The number of rotatable bonds is 2. The van der Waals surface area contributed by atoms with E-state index < -0.39 is 10.0 Å². The molecule has 0 aliphatic rings. The molecule has 2 aromatic rings. The summed E-state index contributed by atoms with van der Waals surface area (Å²) in [5.41, 5.74) is 0.379. The monoisotopic (exact) mass is 227 g/mol. The summed E-state index contributed by atoms with van der Waals surface area (Å²) in [6.45, 7) is 0. The van der Waals surface area contributed by atoms with Crippen LogP contribution >= 0.6 is 0 Å². The zero-order valence-corrected chi connectivity index (χ0v) is 8.74. The Hall–Kier alpha value is -1.53. The summed E-state index contributed by atoms with van der Waals surface area (Å²) in [6, 6.07) is 6.51. The third kappa shape index (κ3) is 1.69. The highest BCUT2D eigenvalue weighted by Crippen LogP contribution is 2.29. The number of ether oxygens (including phenoxy) is 1. The molecule has 0 aliphatic heterocycles. The first kappa shape index (κ1) is 10.0. The molecule has 0 radical (unpaired) electrons. The molecule has 1 heterocycles. The fraction of sp³-hybridized carbons (Fsp3) is 0.111. The van der Waals surface area contributed by atoms with Gasteiger partial charge in [-0.25, -0.2) is 13.6 Å². The topological polar surface area (TPSA) is 82.5 Å². The lowest BCUT2D eigenvalue weighted by Gasteiger charge is -1.98. The third-order valence-corrected chi connectivity index (χ3v) is 2.75. The molecule has 0 unspecified atom stereocenters. The number of sulfonamides is 1. The minimum Gasteiger partial charge on any atom is -0.493 e. The van der Waals surface area contributed by atoms with Crippen molar-refractivity contribution in [2.75, 3.05) is 7.11 Å². The van der Waals surface area contributed by atoms with E-state index in [-0.39, 0.29) is 5.09 Å². The van der Waals surface area contributed by atoms with E-state index in [2.05, 4.69) is 0 Å². The highest BCUT2D eigenvalue weighted by Gasteiger charge is 2.16. The average Bonchev–Trinajstić information content (AvgIpc) is 2.59. The van der Waals surface area contributed by atoms with E-state index in [0.717, 1.165) is 0 Å². The van der Waals surface area contributed by atoms with Crippen LogP contribution in [0.5, 0.6) is 5.75 Å². The lowest BCUT2D eigenvalue weighted by atomic mass is 10.2. The van der Waals surface area contributed by atoms with Gasteiger partial charge in [0, 0.05) is 11.5 Å². The van der Waals surface area contributed by atoms with Crippen molar-refractivity contribution in [1.82, 2.24) is 0 Å². The first-order valence-electron chi connectivity index (χ1n) is 4.12. The van der Waals surface area contributed by atoms with Crippen molar-refractivity contribution in [1.29, 1.82) is 0 Å². The highest BCUT2D eigenvalue weighted by molar-refractivity contribution is 7.89. The Morgan fingerprint density at radius 3 is 2.73 bits per heavy atom. The van der Waals surface area contributed by atoms with Crippen molar-refractivity contribution in [3.05, 3.63) is 24.3 Å². The fourth-order valence-corrected chi connectivity index (χ4v) is 1.80. The Kier molecular flexibility index (Phi) is 2.17. The SMILES string of the molecule is COc1cccc2cc(S(N)(=O)=O)oc12. The molecule has 2 N–H and O–H groups in total. The maximum atomic E-state index is 11.0. The molecule has 6 heteroatoms. The van der Waals surface area contributed by atoms with Crippen LogP contribution in [0.4, 0.5) is 0 Å². The van der Waals surface area contributed by atoms with Crippen LogP contribution in [0.2, 0.25) is 0 Å². The standard InChI is InChI=1S/C9H9NO4S/c1-13-7-4-2-3-6-5-8(14-9(6)7)15(10,11)12/h2-5H,1H3,(H2,10,11,12). The lowest BCUT2D eigenvalue weighted by Crippen LogP contribution is -2.10. The molecule has 80 valence electrons. The number of primary sulfonamides is 1. The van der Waals surface area contributed by atoms with E-state index >= 15 is 0 Å². The molecule has 0 atom stereocenters. The van der Waals surface area contributed by atoms with E-state index in [1.165, 1.54) is 13.2 Å². The third-order valence-electron chi connectivity index (χ3n) is 1.99. The number of para-hydroxylation sites is 1. The minimum atomic E-state index is -3.81. The van der Waals surface area contributed by atoms with Gasteiger partial charge in [-0.15, -0.1) is 0 Å². The Bertz CT molecular complexity index is 600. The number of fused-ring (bicyclic) bond motifs is 1. The molecule has 0 amide bonds. The average molecular weight is 227 g/mol. The first-order chi connectivity index (χ1) is 7.02. The van der Waals surface area contributed by atoms with Gasteiger partial charge >= 0.3 is 0 Å². The number of methoxy groups -OCH3 is 1. The largest absolute Gasteiger partial charge is 0.493 e. The summed E-state index contributed by atoms with van der Waals surface area (Å²) >= 11 is 0. The van der Waals surface area contributed by atoms with Crippen LogP contribution in [-0.2, 0) is 10.0 Å². The molecule has 5 nitrogen and oxygen atoms in total. The van der Waals surface area contributed by atoms with Crippen LogP contribution in [0.15, 0.2) is 33.8 Å². The molecule has 0 saturated carbocycles. The summed E-state index contributed by atoms with van der Waals surface area (Å²) in [5.74, 6) is 0.474. The smallest absolute Gasteiger partial charge is 0.271 e. The maximum Gasteiger partial charge on any atom is 0.271 e. The van der Waals surface area contributed by atoms with E-state index in [9.17, 15) is 8.42 Å². The van der Waals surface area contributed by atoms with Gasteiger partial charge in [-0.3, -0.25) is 0 Å². The van der Waals surface area contributed by atoms with Crippen LogP contribution < -0.4 is 9.88 Å². The summed E-state index contributed by atoms with van der Waals surface area (Å²) < 4.78 is 32.2. The second-order valence-corrected chi connectivity index (χ2v) is 4.48. The van der Waals surface area contributed by atoms with E-state index in [1.807, 2.05) is 0 Å². The Balaban J connectivity index is 2.76. The predicted molar refractivity (Wildman–Crippen MR) is 54.1 cm³/mol. The Morgan fingerprint density at radius 2 is 2.13 bits per heavy atom. The van der Waals surface area contributed by atoms with Crippen LogP contribution in [0.1, 0.15) is 0 Å². The normalized spacial score (nSPS) is 11.9. The molecular weight excluding hydrogens is 218 g/mol. The van der Waals surface area contributed by atoms with Crippen molar-refractivity contribution in [3.8, 4) is 5.75 Å². The summed E-state index contributed by atoms with van der Waals surface area (Å²) in [7, 11) is -2.33. The molecule has 1 aromatic carbocycles. The zero-order valence-electron chi connectivity index (χ0n) is 7.93. The summed E-state index contributed by atoms with van der Waals surface area (Å²) in [4.78, 5) is 0. The zero-order chi connectivity index (χ0) is 11.1. The van der Waals surface area contributed by atoms with Gasteiger partial charge in [-0.2, -0.15) is 0 Å². The number of furan rings is 1. The van der Waals surface area contributed by atoms with Gasteiger partial charge in [0.05, 0.1) is 7.11 Å². The van der Waals surface area contributed by atoms with Crippen LogP contribution in [0.3, 0.4) is 0 Å². The van der Waals surface area contributed by atoms with Crippen molar-refractivity contribution < 1.29 is 17.6 Å². The molecular formula is C9H9NO4S. The maximum absolute atomic E-state index is 11.0. The van der Waals surface area contributed by atoms with Crippen LogP contribution in [-0.4, -0.2) is 15.5 Å². The van der Waals surface area contributed by atoms with Gasteiger partial charge in [0.25, 0.3) is 10.0 Å². The minimum absolute atomic E-state index is 0.262. The molecule has 0 bridgehead atoms. The summed E-state index contributed by atoms with van der Waals surface area (Å²) in [6.07, 6.45) is 0. The summed E-state index contributed by atoms with van der Waals surface area (Å²) in [5, 5.41) is 5.33. The molecule has 0 fully saturated rings. The Morgan fingerprint density at radius 1 is 1.40 bits per heavy atom. The van der Waals surface area contributed by atoms with E-state index in [1.54, 1.807) is 18.2 Å². The van der Waals surface area contributed by atoms with Gasteiger partial charge in [0.15, 0.2) is 11.3 Å². The van der Waals surface area contributed by atoms with Gasteiger partial charge in [-0.1, -0.05) is 12.1 Å². The van der Waals surface area contributed by atoms with Gasteiger partial charge in [0.1, 0.15) is 0 Å². The fourth-order valence-electron chi connectivity index (χ4n) is 1.31. The number of hydrogen-bond acceptors (Lipinski definition) is 4. The first-order valence-corrected chi connectivity index (χ1v) is 5.66.